The van der Waals surface area contributed by atoms with Gasteiger partial charge in [-0.2, -0.15) is 5.10 Å². The maximum atomic E-state index is 12.4. The van der Waals surface area contributed by atoms with Crippen molar-refractivity contribution in [3.63, 3.8) is 0 Å². The predicted octanol–water partition coefficient (Wildman–Crippen LogP) is 3.27. The van der Waals surface area contributed by atoms with Crippen molar-refractivity contribution in [3.05, 3.63) is 95.8 Å². The maximum Gasteiger partial charge on any atom is 0.271 e. The largest absolute Gasteiger partial charge is 0.497 e. The molecule has 3 aromatic rings. The van der Waals surface area contributed by atoms with Gasteiger partial charge in [0.1, 0.15) is 5.75 Å². The van der Waals surface area contributed by atoms with E-state index in [0.29, 0.717) is 17.0 Å². The minimum Gasteiger partial charge on any atom is -0.497 e. The average molecular weight is 331 g/mol. The molecule has 0 spiro atoms. The highest BCUT2D eigenvalue weighted by atomic mass is 16.5. The molecule has 0 atom stereocenters. The van der Waals surface area contributed by atoms with Crippen molar-refractivity contribution >= 4 is 11.6 Å². The summed E-state index contributed by atoms with van der Waals surface area (Å²) < 4.78 is 5.15. The summed E-state index contributed by atoms with van der Waals surface area (Å²) in [5, 5.41) is 4.34. The number of nitrogens with zero attached hydrogens (tertiary/aromatic N) is 2. The van der Waals surface area contributed by atoms with E-state index >= 15 is 0 Å². The van der Waals surface area contributed by atoms with E-state index in [1.807, 2.05) is 42.5 Å². The van der Waals surface area contributed by atoms with Gasteiger partial charge in [-0.3, -0.25) is 9.78 Å². The molecule has 0 radical (unpaired) electrons. The highest BCUT2D eigenvalue weighted by Gasteiger charge is 2.09. The number of methoxy groups -OCH3 is 1. The summed E-state index contributed by atoms with van der Waals surface area (Å²) in [7, 11) is 1.56. The van der Waals surface area contributed by atoms with Gasteiger partial charge in [-0.25, -0.2) is 5.43 Å². The van der Waals surface area contributed by atoms with Crippen molar-refractivity contribution in [2.75, 3.05) is 7.11 Å². The second-order valence-electron chi connectivity index (χ2n) is 5.24. The first kappa shape index (κ1) is 16.4. The lowest BCUT2D eigenvalue weighted by molar-refractivity contribution is 0.0954. The summed E-state index contributed by atoms with van der Waals surface area (Å²) >= 11 is 0. The number of benzene rings is 2. The predicted molar refractivity (Wildman–Crippen MR) is 96.8 cm³/mol. The number of aromatic nitrogens is 1. The van der Waals surface area contributed by atoms with E-state index in [0.717, 1.165) is 11.1 Å². The van der Waals surface area contributed by atoms with Gasteiger partial charge in [0.05, 0.1) is 12.8 Å². The van der Waals surface area contributed by atoms with Gasteiger partial charge in [-0.05, 0) is 30.3 Å². The Hall–Kier alpha value is -3.47. The molecule has 3 rings (SSSR count). The Kier molecular flexibility index (Phi) is 5.16. The Bertz CT molecular complexity index is 836. The fourth-order valence-corrected chi connectivity index (χ4v) is 2.34. The third kappa shape index (κ3) is 4.09. The summed E-state index contributed by atoms with van der Waals surface area (Å²) in [6.45, 7) is 0. The lowest BCUT2D eigenvalue weighted by Crippen LogP contribution is -2.20. The minimum atomic E-state index is -0.304. The van der Waals surface area contributed by atoms with Crippen molar-refractivity contribution in [1.29, 1.82) is 0 Å². The summed E-state index contributed by atoms with van der Waals surface area (Å²) in [5.41, 5.74) is 5.53. The van der Waals surface area contributed by atoms with Crippen molar-refractivity contribution in [3.8, 4) is 5.75 Å². The second kappa shape index (κ2) is 7.88. The fraction of sp³-hybridized carbons (Fsp3) is 0.0500. The number of hydrogen-bond acceptors (Lipinski definition) is 4. The molecule has 0 fully saturated rings. The van der Waals surface area contributed by atoms with Crippen LogP contribution in [0.4, 0.5) is 0 Å². The van der Waals surface area contributed by atoms with Gasteiger partial charge in [-0.1, -0.05) is 36.4 Å². The van der Waals surface area contributed by atoms with Gasteiger partial charge in [0.2, 0.25) is 0 Å². The van der Waals surface area contributed by atoms with Crippen LogP contribution in [0.2, 0.25) is 0 Å². The Labute approximate surface area is 146 Å². The van der Waals surface area contributed by atoms with E-state index in [1.54, 1.807) is 43.8 Å². The highest BCUT2D eigenvalue weighted by Crippen LogP contribution is 2.13. The van der Waals surface area contributed by atoms with Gasteiger partial charge >= 0.3 is 0 Å². The molecule has 0 aliphatic heterocycles. The first-order chi connectivity index (χ1) is 12.3. The van der Waals surface area contributed by atoms with Gasteiger partial charge in [-0.15, -0.1) is 0 Å². The third-order valence-electron chi connectivity index (χ3n) is 3.60. The number of hydrogen-bond donors (Lipinski definition) is 1. The lowest BCUT2D eigenvalue weighted by atomic mass is 10.0. The molecule has 0 bridgehead atoms. The third-order valence-corrected chi connectivity index (χ3v) is 3.60. The van der Waals surface area contributed by atoms with Crippen LogP contribution >= 0.6 is 0 Å². The SMILES string of the molecule is COc1cccc(C(=O)NN=C(c2ccccc2)c2ccncc2)c1. The molecule has 1 amide bonds. The van der Waals surface area contributed by atoms with Crippen molar-refractivity contribution in [2.45, 2.75) is 0 Å². The van der Waals surface area contributed by atoms with E-state index in [2.05, 4.69) is 15.5 Å². The van der Waals surface area contributed by atoms with E-state index < -0.39 is 0 Å². The minimum absolute atomic E-state index is 0.304. The number of rotatable bonds is 5. The Balaban J connectivity index is 1.90. The molecule has 25 heavy (non-hydrogen) atoms. The summed E-state index contributed by atoms with van der Waals surface area (Å²) in [5.74, 6) is 0.315. The summed E-state index contributed by atoms with van der Waals surface area (Å²) in [4.78, 5) is 16.4. The zero-order valence-corrected chi connectivity index (χ0v) is 13.7. The number of ether oxygens (including phenoxy) is 1. The molecule has 5 heteroatoms. The number of carbonyl (C=O) groups is 1. The molecule has 1 heterocycles. The average Bonchev–Trinajstić information content (AvgIpc) is 2.69. The Morgan fingerprint density at radius 3 is 2.32 bits per heavy atom. The number of nitrogens with one attached hydrogen (secondary N) is 1. The van der Waals surface area contributed by atoms with Gasteiger partial charge < -0.3 is 4.74 Å². The van der Waals surface area contributed by atoms with Crippen LogP contribution in [0.15, 0.2) is 84.2 Å². The first-order valence-corrected chi connectivity index (χ1v) is 7.76. The molecule has 1 N–H and O–H groups in total. The Morgan fingerprint density at radius 2 is 1.60 bits per heavy atom. The maximum absolute atomic E-state index is 12.4. The van der Waals surface area contributed by atoms with E-state index in [-0.39, 0.29) is 5.91 Å². The second-order valence-corrected chi connectivity index (χ2v) is 5.24. The zero-order valence-electron chi connectivity index (χ0n) is 13.7. The van der Waals surface area contributed by atoms with Crippen LogP contribution < -0.4 is 10.2 Å². The molecular weight excluding hydrogens is 314 g/mol. The topological polar surface area (TPSA) is 63.6 Å². The number of carbonyl (C=O) groups excluding carboxylic acids is 1. The smallest absolute Gasteiger partial charge is 0.271 e. The quantitative estimate of drug-likeness (QED) is 0.576. The Morgan fingerprint density at radius 1 is 0.920 bits per heavy atom. The van der Waals surface area contributed by atoms with Crippen LogP contribution in [0.3, 0.4) is 0 Å². The molecule has 1 aromatic heterocycles. The van der Waals surface area contributed by atoms with Crippen molar-refractivity contribution in [2.24, 2.45) is 5.10 Å². The molecule has 0 saturated heterocycles. The molecule has 0 aliphatic rings. The van der Waals surface area contributed by atoms with E-state index in [1.165, 1.54) is 0 Å². The lowest BCUT2D eigenvalue weighted by Gasteiger charge is -2.08. The van der Waals surface area contributed by atoms with Crippen molar-refractivity contribution in [1.82, 2.24) is 10.4 Å². The molecule has 124 valence electrons. The molecule has 0 aliphatic carbocycles. The van der Waals surface area contributed by atoms with Crippen LogP contribution in [0.5, 0.6) is 5.75 Å². The van der Waals surface area contributed by atoms with Crippen LogP contribution in [-0.2, 0) is 0 Å². The highest BCUT2D eigenvalue weighted by molar-refractivity contribution is 6.13. The first-order valence-electron chi connectivity index (χ1n) is 7.76. The van der Waals surface area contributed by atoms with Gasteiger partial charge in [0, 0.05) is 29.1 Å². The molecule has 0 saturated carbocycles. The number of amides is 1. The number of pyridine rings is 1. The number of hydrazone groups is 1. The summed E-state index contributed by atoms with van der Waals surface area (Å²) in [6.07, 6.45) is 3.38. The zero-order chi connectivity index (χ0) is 17.5. The van der Waals surface area contributed by atoms with Gasteiger partial charge in [0.25, 0.3) is 5.91 Å². The van der Waals surface area contributed by atoms with Gasteiger partial charge in [0.15, 0.2) is 0 Å². The van der Waals surface area contributed by atoms with Crippen molar-refractivity contribution < 1.29 is 9.53 Å². The summed E-state index contributed by atoms with van der Waals surface area (Å²) in [6, 6.07) is 20.3. The molecular formula is C20H17N3O2. The monoisotopic (exact) mass is 331 g/mol. The van der Waals surface area contributed by atoms with Crippen LogP contribution in [-0.4, -0.2) is 23.7 Å². The fourth-order valence-electron chi connectivity index (χ4n) is 2.34. The van der Waals surface area contributed by atoms with Crippen LogP contribution in [0.25, 0.3) is 0 Å². The van der Waals surface area contributed by atoms with E-state index in [4.69, 9.17) is 4.74 Å². The van der Waals surface area contributed by atoms with Crippen LogP contribution in [0, 0.1) is 0 Å². The normalized spacial score (nSPS) is 11.0. The standard InChI is InChI=1S/C20H17N3O2/c1-25-18-9-5-8-17(14-18)20(24)23-22-19(15-6-3-2-4-7-15)16-10-12-21-13-11-16/h2-14H,1H3,(H,23,24). The van der Waals surface area contributed by atoms with E-state index in [9.17, 15) is 4.79 Å². The molecule has 0 unspecified atom stereocenters. The molecule has 2 aromatic carbocycles. The molecule has 5 nitrogen and oxygen atoms in total. The van der Waals surface area contributed by atoms with Crippen LogP contribution in [0.1, 0.15) is 21.5 Å².